The average molecular weight is 422 g/mol. The molecule has 170 valence electrons. The van der Waals surface area contributed by atoms with E-state index < -0.39 is 11.7 Å². The highest BCUT2D eigenvalue weighted by Gasteiger charge is 2.83. The number of likely N-dealkylation sites (tertiary alicyclic amines) is 1. The van der Waals surface area contributed by atoms with Crippen molar-refractivity contribution in [2.75, 3.05) is 41.0 Å². The molecular formula is C24H39NO5. The van der Waals surface area contributed by atoms with E-state index in [4.69, 9.17) is 14.2 Å². The second-order valence-corrected chi connectivity index (χ2v) is 11.5. The molecule has 1 spiro atoms. The molecule has 5 aliphatic carbocycles. The summed E-state index contributed by atoms with van der Waals surface area (Å²) in [6.45, 7) is 5.11. The van der Waals surface area contributed by atoms with E-state index >= 15 is 0 Å². The number of rotatable bonds is 5. The summed E-state index contributed by atoms with van der Waals surface area (Å²) in [6, 6.07) is 0.329. The summed E-state index contributed by atoms with van der Waals surface area (Å²) in [5, 5.41) is 23.8. The molecule has 6 nitrogen and oxygen atoms in total. The van der Waals surface area contributed by atoms with Gasteiger partial charge in [0, 0.05) is 68.9 Å². The molecule has 0 aromatic rings. The van der Waals surface area contributed by atoms with Crippen LogP contribution >= 0.6 is 0 Å². The molecule has 1 heterocycles. The van der Waals surface area contributed by atoms with Crippen molar-refractivity contribution in [2.45, 2.75) is 69.0 Å². The van der Waals surface area contributed by atoms with Gasteiger partial charge in [-0.2, -0.15) is 0 Å². The highest BCUT2D eigenvalue weighted by atomic mass is 16.5. The number of piperidine rings is 1. The Hall–Kier alpha value is -0.240. The first-order chi connectivity index (χ1) is 14.4. The smallest absolute Gasteiger partial charge is 0.0771 e. The topological polar surface area (TPSA) is 71.4 Å². The van der Waals surface area contributed by atoms with Gasteiger partial charge >= 0.3 is 0 Å². The molecule has 6 fully saturated rings. The van der Waals surface area contributed by atoms with Crippen molar-refractivity contribution in [3.63, 3.8) is 0 Å². The molecule has 5 saturated carbocycles. The minimum atomic E-state index is -0.847. The van der Waals surface area contributed by atoms with Gasteiger partial charge in [0.2, 0.25) is 0 Å². The lowest BCUT2D eigenvalue weighted by Gasteiger charge is -2.69. The standard InChI is InChI=1S/C24H39NO5/c1-5-25-11-22(12-28-2)7-6-18(30-4)24-14-8-13-16(29-3)10-23(27,19(14)20(13)26)15(21(24)25)9-17(22)24/h13-21,26-27H,5-12H2,1-4H3/t13-,14-,15?,16+,17-,18+,19?,20+,21?,22+,23+,24?/m1/s1. The Balaban J connectivity index is 1.58. The van der Waals surface area contributed by atoms with Crippen LogP contribution in [0.2, 0.25) is 0 Å². The number of ether oxygens (including phenoxy) is 3. The molecule has 0 amide bonds. The largest absolute Gasteiger partial charge is 0.392 e. The van der Waals surface area contributed by atoms with Gasteiger partial charge in [0.05, 0.1) is 30.5 Å². The van der Waals surface area contributed by atoms with E-state index in [1.165, 1.54) is 0 Å². The summed E-state index contributed by atoms with van der Waals surface area (Å²) >= 11 is 0. The van der Waals surface area contributed by atoms with E-state index in [9.17, 15) is 10.2 Å². The fourth-order valence-electron chi connectivity index (χ4n) is 10.7. The minimum absolute atomic E-state index is 0.000283. The number of fused-ring (bicyclic) bond motifs is 2. The van der Waals surface area contributed by atoms with Crippen LogP contribution < -0.4 is 0 Å². The molecule has 6 heteroatoms. The zero-order valence-corrected chi connectivity index (χ0v) is 18.9. The third-order valence-corrected chi connectivity index (χ3v) is 11.2. The second-order valence-electron chi connectivity index (χ2n) is 11.5. The highest BCUT2D eigenvalue weighted by molar-refractivity contribution is 5.33. The summed E-state index contributed by atoms with van der Waals surface area (Å²) in [5.74, 6) is 1.03. The van der Waals surface area contributed by atoms with E-state index in [1.807, 2.05) is 14.2 Å². The maximum absolute atomic E-state index is 12.4. The summed E-state index contributed by atoms with van der Waals surface area (Å²) in [5.41, 5.74) is -0.719. The summed E-state index contributed by atoms with van der Waals surface area (Å²) < 4.78 is 18.0. The van der Waals surface area contributed by atoms with Gasteiger partial charge in [-0.3, -0.25) is 4.90 Å². The lowest BCUT2D eigenvalue weighted by Crippen LogP contribution is -2.76. The lowest BCUT2D eigenvalue weighted by molar-refractivity contribution is -0.276. The maximum atomic E-state index is 12.4. The molecule has 0 radical (unpaired) electrons. The van der Waals surface area contributed by atoms with Gasteiger partial charge in [-0.05, 0) is 44.1 Å². The average Bonchev–Trinajstić information content (AvgIpc) is 3.15. The van der Waals surface area contributed by atoms with Gasteiger partial charge in [0.1, 0.15) is 0 Å². The van der Waals surface area contributed by atoms with Crippen molar-refractivity contribution in [1.29, 1.82) is 0 Å². The van der Waals surface area contributed by atoms with Crippen LogP contribution in [0.1, 0.15) is 39.0 Å². The number of methoxy groups -OCH3 is 3. The van der Waals surface area contributed by atoms with Crippen molar-refractivity contribution in [1.82, 2.24) is 4.90 Å². The molecule has 6 aliphatic rings. The first-order valence-electron chi connectivity index (χ1n) is 12.1. The molecule has 7 bridgehead atoms. The quantitative estimate of drug-likeness (QED) is 0.702. The first-order valence-corrected chi connectivity index (χ1v) is 12.1. The predicted octanol–water partition coefficient (Wildman–Crippen LogP) is 1.53. The predicted molar refractivity (Wildman–Crippen MR) is 111 cm³/mol. The minimum Gasteiger partial charge on any atom is -0.392 e. The van der Waals surface area contributed by atoms with Crippen LogP contribution in [0, 0.1) is 40.4 Å². The lowest BCUT2D eigenvalue weighted by atomic mass is 9.43. The van der Waals surface area contributed by atoms with Crippen molar-refractivity contribution >= 4 is 0 Å². The van der Waals surface area contributed by atoms with Crippen LogP contribution in [-0.4, -0.2) is 86.1 Å². The summed E-state index contributed by atoms with van der Waals surface area (Å²) in [4.78, 5) is 2.67. The fourth-order valence-corrected chi connectivity index (χ4v) is 10.7. The van der Waals surface area contributed by atoms with Crippen LogP contribution in [0.3, 0.4) is 0 Å². The monoisotopic (exact) mass is 421 g/mol. The van der Waals surface area contributed by atoms with Crippen molar-refractivity contribution in [3.05, 3.63) is 0 Å². The van der Waals surface area contributed by atoms with Crippen molar-refractivity contribution in [3.8, 4) is 0 Å². The number of nitrogens with zero attached hydrogens (tertiary/aromatic N) is 1. The number of hydrogen-bond donors (Lipinski definition) is 2. The van der Waals surface area contributed by atoms with E-state index in [1.54, 1.807) is 7.11 Å². The molecular weight excluding hydrogens is 382 g/mol. The van der Waals surface area contributed by atoms with Gasteiger partial charge in [0.25, 0.3) is 0 Å². The van der Waals surface area contributed by atoms with Gasteiger partial charge in [0.15, 0.2) is 0 Å². The van der Waals surface area contributed by atoms with Crippen LogP contribution in [0.5, 0.6) is 0 Å². The molecule has 30 heavy (non-hydrogen) atoms. The number of aliphatic hydroxyl groups excluding tert-OH is 1. The SMILES string of the molecule is CCN1C[C@]2(COC)CC[C@H](OC)C34C1C(C[C@@H]32)[C@@]1(O)C[C@H](OC)[C@H]2C[C@@H]4C1[C@H]2O. The fraction of sp³-hybridized carbons (Fsp3) is 1.00. The van der Waals surface area contributed by atoms with Gasteiger partial charge < -0.3 is 24.4 Å². The molecule has 0 aromatic heterocycles. The third-order valence-electron chi connectivity index (χ3n) is 11.2. The summed E-state index contributed by atoms with van der Waals surface area (Å²) in [6.07, 6.45) is 4.52. The van der Waals surface area contributed by atoms with Gasteiger partial charge in [-0.1, -0.05) is 6.92 Å². The van der Waals surface area contributed by atoms with Crippen molar-refractivity contribution < 1.29 is 24.4 Å². The normalized spacial score (nSPS) is 60.8. The van der Waals surface area contributed by atoms with Crippen LogP contribution in [0.25, 0.3) is 0 Å². The zero-order chi connectivity index (χ0) is 21.1. The Morgan fingerprint density at radius 2 is 1.90 bits per heavy atom. The second kappa shape index (κ2) is 6.42. The first kappa shape index (κ1) is 20.4. The highest BCUT2D eigenvalue weighted by Crippen LogP contribution is 2.79. The Morgan fingerprint density at radius 1 is 1.10 bits per heavy atom. The third kappa shape index (κ3) is 2.00. The van der Waals surface area contributed by atoms with Gasteiger partial charge in [-0.25, -0.2) is 0 Å². The molecule has 1 aliphatic heterocycles. The Bertz CT molecular complexity index is 720. The molecule has 4 unspecified atom stereocenters. The Kier molecular flexibility index (Phi) is 4.36. The number of aliphatic hydroxyl groups is 2. The molecule has 6 rings (SSSR count). The molecule has 0 aromatic carbocycles. The Labute approximate surface area is 180 Å². The van der Waals surface area contributed by atoms with E-state index in [0.717, 1.165) is 45.4 Å². The van der Waals surface area contributed by atoms with Crippen LogP contribution in [0.15, 0.2) is 0 Å². The van der Waals surface area contributed by atoms with Gasteiger partial charge in [-0.15, -0.1) is 0 Å². The van der Waals surface area contributed by atoms with Crippen LogP contribution in [0.4, 0.5) is 0 Å². The molecule has 1 saturated heterocycles. The molecule has 12 atom stereocenters. The van der Waals surface area contributed by atoms with Crippen LogP contribution in [-0.2, 0) is 14.2 Å². The summed E-state index contributed by atoms with van der Waals surface area (Å²) in [7, 11) is 5.48. The maximum Gasteiger partial charge on any atom is 0.0771 e. The van der Waals surface area contributed by atoms with E-state index in [2.05, 4.69) is 11.8 Å². The Morgan fingerprint density at radius 3 is 2.57 bits per heavy atom. The van der Waals surface area contributed by atoms with E-state index in [-0.39, 0.29) is 46.7 Å². The zero-order valence-electron chi connectivity index (χ0n) is 18.9. The molecule has 2 N–H and O–H groups in total. The number of hydrogen-bond acceptors (Lipinski definition) is 6. The van der Waals surface area contributed by atoms with E-state index in [0.29, 0.717) is 18.4 Å². The van der Waals surface area contributed by atoms with Crippen molar-refractivity contribution in [2.24, 2.45) is 40.4 Å².